The first kappa shape index (κ1) is 17.2. The van der Waals surface area contributed by atoms with Crippen molar-refractivity contribution in [3.05, 3.63) is 77.0 Å². The molecule has 2 aromatic carbocycles. The van der Waals surface area contributed by atoms with E-state index in [0.29, 0.717) is 0 Å². The minimum absolute atomic E-state index is 0.126. The van der Waals surface area contributed by atoms with Crippen LogP contribution < -0.4 is 4.90 Å². The van der Waals surface area contributed by atoms with Gasteiger partial charge in [0.15, 0.2) is 9.84 Å². The van der Waals surface area contributed by atoms with Crippen LogP contribution in [0.5, 0.6) is 0 Å². The van der Waals surface area contributed by atoms with E-state index < -0.39 is 50.6 Å². The van der Waals surface area contributed by atoms with Crippen LogP contribution in [0.3, 0.4) is 0 Å². The number of carbonyl (C=O) groups excluding carboxylic acids is 1. The third kappa shape index (κ3) is 3.43. The quantitative estimate of drug-likeness (QED) is 0.838. The molecule has 0 spiro atoms. The normalized spacial score (nSPS) is 18.3. The molecule has 2 aromatic rings. The van der Waals surface area contributed by atoms with Gasteiger partial charge in [0.25, 0.3) is 5.91 Å². The van der Waals surface area contributed by atoms with Crippen molar-refractivity contribution in [1.29, 1.82) is 0 Å². The van der Waals surface area contributed by atoms with Gasteiger partial charge in [-0.3, -0.25) is 4.79 Å². The van der Waals surface area contributed by atoms with Gasteiger partial charge in [0.2, 0.25) is 0 Å². The van der Waals surface area contributed by atoms with Gasteiger partial charge in [-0.25, -0.2) is 21.6 Å². The lowest BCUT2D eigenvalue weighted by atomic mass is 10.1. The van der Waals surface area contributed by atoms with E-state index in [2.05, 4.69) is 0 Å². The maximum absolute atomic E-state index is 14.0. The third-order valence-electron chi connectivity index (χ3n) is 3.74. The minimum Gasteiger partial charge on any atom is -0.300 e. The second kappa shape index (κ2) is 6.36. The summed E-state index contributed by atoms with van der Waals surface area (Å²) in [5, 5.41) is 0.944. The van der Waals surface area contributed by atoms with E-state index in [-0.39, 0.29) is 5.69 Å². The van der Waals surface area contributed by atoms with Gasteiger partial charge >= 0.3 is 0 Å². The number of sulfone groups is 1. The smallest absolute Gasteiger partial charge is 0.264 e. The monoisotopic (exact) mass is 367 g/mol. The summed E-state index contributed by atoms with van der Waals surface area (Å²) in [5.74, 6) is -4.17. The van der Waals surface area contributed by atoms with Crippen LogP contribution >= 0.6 is 0 Å². The van der Waals surface area contributed by atoms with E-state index in [9.17, 15) is 26.4 Å². The Morgan fingerprint density at radius 2 is 1.60 bits per heavy atom. The zero-order chi connectivity index (χ0) is 18.2. The van der Waals surface area contributed by atoms with Gasteiger partial charge in [-0.05, 0) is 42.5 Å². The fraction of sp³-hybridized carbons (Fsp3) is 0.118. The van der Waals surface area contributed by atoms with E-state index >= 15 is 0 Å². The van der Waals surface area contributed by atoms with Crippen molar-refractivity contribution in [1.82, 2.24) is 0 Å². The molecule has 1 heterocycles. The molecule has 0 unspecified atom stereocenters. The molecule has 25 heavy (non-hydrogen) atoms. The van der Waals surface area contributed by atoms with Crippen LogP contribution in [0.1, 0.15) is 10.4 Å². The Morgan fingerprint density at radius 1 is 1.00 bits per heavy atom. The summed E-state index contributed by atoms with van der Waals surface area (Å²) >= 11 is 0. The van der Waals surface area contributed by atoms with Crippen molar-refractivity contribution in [2.45, 2.75) is 6.04 Å². The van der Waals surface area contributed by atoms with Crippen LogP contribution in [0, 0.1) is 17.5 Å². The molecule has 0 saturated heterocycles. The van der Waals surface area contributed by atoms with E-state index in [0.717, 1.165) is 40.6 Å². The van der Waals surface area contributed by atoms with Gasteiger partial charge in [0.1, 0.15) is 23.0 Å². The summed E-state index contributed by atoms with van der Waals surface area (Å²) < 4.78 is 64.5. The number of benzene rings is 2. The van der Waals surface area contributed by atoms with E-state index in [1.165, 1.54) is 18.2 Å². The Bertz CT molecular complexity index is 935. The molecule has 0 aromatic heterocycles. The van der Waals surface area contributed by atoms with E-state index in [4.69, 9.17) is 0 Å². The van der Waals surface area contributed by atoms with Crippen LogP contribution in [-0.4, -0.2) is 26.1 Å². The number of hydrogen-bond acceptors (Lipinski definition) is 3. The molecule has 3 rings (SSSR count). The first-order valence-electron chi connectivity index (χ1n) is 7.22. The fourth-order valence-corrected chi connectivity index (χ4v) is 3.87. The number of nitrogens with zero attached hydrogens (tertiary/aromatic N) is 1. The molecule has 4 nitrogen and oxygen atoms in total. The Balaban J connectivity index is 2.10. The molecule has 8 heteroatoms. The Labute approximate surface area is 142 Å². The summed E-state index contributed by atoms with van der Waals surface area (Å²) in [4.78, 5) is 13.7. The van der Waals surface area contributed by atoms with Gasteiger partial charge in [0, 0.05) is 11.1 Å². The molecule has 1 amide bonds. The average molecular weight is 367 g/mol. The lowest BCUT2D eigenvalue weighted by Crippen LogP contribution is -2.42. The van der Waals surface area contributed by atoms with Gasteiger partial charge < -0.3 is 4.90 Å². The summed E-state index contributed by atoms with van der Waals surface area (Å²) in [6, 6.07) is 6.64. The highest BCUT2D eigenvalue weighted by atomic mass is 32.2. The van der Waals surface area contributed by atoms with Crippen LogP contribution in [0.4, 0.5) is 18.9 Å². The largest absolute Gasteiger partial charge is 0.300 e. The number of hydrogen-bond donors (Lipinski definition) is 0. The molecule has 1 aliphatic rings. The molecule has 130 valence electrons. The van der Waals surface area contributed by atoms with Crippen LogP contribution in [0.15, 0.2) is 53.9 Å². The fourth-order valence-electron chi connectivity index (χ4n) is 2.60. The van der Waals surface area contributed by atoms with Crippen molar-refractivity contribution in [2.24, 2.45) is 0 Å². The van der Waals surface area contributed by atoms with Gasteiger partial charge in [0.05, 0.1) is 11.8 Å². The van der Waals surface area contributed by atoms with Crippen LogP contribution in [-0.2, 0) is 9.84 Å². The predicted molar refractivity (Wildman–Crippen MR) is 86.3 cm³/mol. The SMILES string of the molecule is O=C(c1c(F)cccc1F)N(c1ccc(F)cc1)[C@@H]1C=CS(=O)(=O)C1. The minimum atomic E-state index is -3.53. The van der Waals surface area contributed by atoms with Crippen LogP contribution in [0.2, 0.25) is 0 Å². The van der Waals surface area contributed by atoms with Crippen molar-refractivity contribution < 1.29 is 26.4 Å². The third-order valence-corrected chi connectivity index (χ3v) is 5.12. The van der Waals surface area contributed by atoms with Crippen molar-refractivity contribution in [3.63, 3.8) is 0 Å². The highest BCUT2D eigenvalue weighted by molar-refractivity contribution is 7.94. The average Bonchev–Trinajstić information content (AvgIpc) is 2.89. The molecular weight excluding hydrogens is 355 g/mol. The molecular formula is C17H12F3NO3S. The molecule has 0 N–H and O–H groups in total. The van der Waals surface area contributed by atoms with Crippen molar-refractivity contribution in [2.75, 3.05) is 10.7 Å². The van der Waals surface area contributed by atoms with Crippen LogP contribution in [0.25, 0.3) is 0 Å². The maximum Gasteiger partial charge on any atom is 0.264 e. The molecule has 0 fully saturated rings. The topological polar surface area (TPSA) is 54.5 Å². The standard InChI is InChI=1S/C17H12F3NO3S/c18-11-4-6-12(7-5-11)21(13-8-9-25(23,24)10-13)17(22)16-14(19)2-1-3-15(16)20/h1-9,13H,10H2/t13-/m1/s1. The molecule has 0 saturated carbocycles. The first-order chi connectivity index (χ1) is 11.8. The Kier molecular flexibility index (Phi) is 4.38. The highest BCUT2D eigenvalue weighted by Crippen LogP contribution is 2.27. The number of rotatable bonds is 3. The van der Waals surface area contributed by atoms with E-state index in [1.807, 2.05) is 0 Å². The number of anilines is 1. The Morgan fingerprint density at radius 3 is 2.12 bits per heavy atom. The zero-order valence-electron chi connectivity index (χ0n) is 12.7. The summed E-state index contributed by atoms with van der Waals surface area (Å²) in [6.45, 7) is 0. The number of carbonyl (C=O) groups is 1. The second-order valence-corrected chi connectivity index (χ2v) is 7.40. The molecule has 1 aliphatic heterocycles. The van der Waals surface area contributed by atoms with Crippen molar-refractivity contribution in [3.8, 4) is 0 Å². The molecule has 1 atom stereocenters. The van der Waals surface area contributed by atoms with Crippen molar-refractivity contribution >= 4 is 21.4 Å². The highest BCUT2D eigenvalue weighted by Gasteiger charge is 2.34. The first-order valence-corrected chi connectivity index (χ1v) is 8.94. The second-order valence-electron chi connectivity index (χ2n) is 5.47. The lowest BCUT2D eigenvalue weighted by molar-refractivity contribution is 0.0975. The maximum atomic E-state index is 14.0. The summed E-state index contributed by atoms with van der Waals surface area (Å²) in [6.07, 6.45) is 1.26. The van der Waals surface area contributed by atoms with Gasteiger partial charge in [-0.15, -0.1) is 0 Å². The molecule has 0 radical (unpaired) electrons. The van der Waals surface area contributed by atoms with Gasteiger partial charge in [-0.1, -0.05) is 6.07 Å². The Hall–Kier alpha value is -2.61. The van der Waals surface area contributed by atoms with Gasteiger partial charge in [-0.2, -0.15) is 0 Å². The lowest BCUT2D eigenvalue weighted by Gasteiger charge is -2.28. The summed E-state index contributed by atoms with van der Waals surface area (Å²) in [7, 11) is -3.53. The predicted octanol–water partition coefficient (Wildman–Crippen LogP) is 3.06. The van der Waals surface area contributed by atoms with E-state index in [1.54, 1.807) is 0 Å². The zero-order valence-corrected chi connectivity index (χ0v) is 13.5. The number of halogens is 3. The molecule has 0 aliphatic carbocycles. The summed E-state index contributed by atoms with van der Waals surface area (Å²) in [5.41, 5.74) is -0.676. The molecule has 0 bridgehead atoms. The number of amides is 1.